The Kier molecular flexibility index (Phi) is 7.52. The number of halogens is 1. The van der Waals surface area contributed by atoms with E-state index in [1.807, 2.05) is 48.9 Å². The number of hydrogen-bond acceptors (Lipinski definition) is 2. The van der Waals surface area contributed by atoms with Crippen molar-refractivity contribution < 1.29 is 0 Å². The van der Waals surface area contributed by atoms with Crippen LogP contribution < -0.4 is 10.6 Å². The maximum Gasteiger partial charge on any atom is 0.191 e. The van der Waals surface area contributed by atoms with Crippen LogP contribution in [0.3, 0.4) is 0 Å². The third kappa shape index (κ3) is 5.63. The van der Waals surface area contributed by atoms with E-state index in [1.54, 1.807) is 7.05 Å². The minimum absolute atomic E-state index is 0. The first kappa shape index (κ1) is 19.0. The molecule has 0 spiro atoms. The largest absolute Gasteiger partial charge is 0.355 e. The first-order valence-electron chi connectivity index (χ1n) is 8.00. The molecule has 6 nitrogen and oxygen atoms in total. The van der Waals surface area contributed by atoms with E-state index in [0.717, 1.165) is 36.1 Å². The smallest absolute Gasteiger partial charge is 0.191 e. The predicted molar refractivity (Wildman–Crippen MR) is 112 cm³/mol. The number of aliphatic imine (C=N–C) groups is 1. The highest BCUT2D eigenvalue weighted by molar-refractivity contribution is 14.0. The Balaban J connectivity index is 0.00000225. The van der Waals surface area contributed by atoms with E-state index in [9.17, 15) is 0 Å². The molecule has 132 valence electrons. The van der Waals surface area contributed by atoms with Crippen LogP contribution in [0.2, 0.25) is 0 Å². The standard InChI is InChI=1S/C18H22N6.HI/c1-19-18(20-9-12-24-10-5-6-11-24)22-14-17-21-13-16(23-17)15-7-3-2-4-8-15;/h2-8,10-11,13H,9,12,14H2,1H3,(H,21,23)(H2,19,20,22);1H. The van der Waals surface area contributed by atoms with Crippen molar-refractivity contribution in [2.75, 3.05) is 13.6 Å². The maximum absolute atomic E-state index is 4.41. The van der Waals surface area contributed by atoms with Crippen LogP contribution in [0.1, 0.15) is 5.82 Å². The van der Waals surface area contributed by atoms with E-state index in [0.29, 0.717) is 6.54 Å². The molecule has 2 aromatic heterocycles. The van der Waals surface area contributed by atoms with Crippen LogP contribution in [0.25, 0.3) is 11.3 Å². The Labute approximate surface area is 164 Å². The third-order valence-electron chi connectivity index (χ3n) is 3.69. The number of guanidine groups is 1. The van der Waals surface area contributed by atoms with Crippen molar-refractivity contribution >= 4 is 29.9 Å². The topological polar surface area (TPSA) is 70.0 Å². The zero-order chi connectivity index (χ0) is 16.6. The highest BCUT2D eigenvalue weighted by Gasteiger charge is 2.04. The van der Waals surface area contributed by atoms with Crippen molar-refractivity contribution in [2.24, 2.45) is 4.99 Å². The van der Waals surface area contributed by atoms with Gasteiger partial charge in [-0.3, -0.25) is 4.99 Å². The lowest BCUT2D eigenvalue weighted by Crippen LogP contribution is -2.38. The molecule has 0 aliphatic carbocycles. The van der Waals surface area contributed by atoms with Crippen LogP contribution in [0.15, 0.2) is 66.0 Å². The van der Waals surface area contributed by atoms with Crippen molar-refractivity contribution in [3.05, 3.63) is 66.9 Å². The fourth-order valence-electron chi connectivity index (χ4n) is 2.43. The molecule has 3 rings (SSSR count). The lowest BCUT2D eigenvalue weighted by molar-refractivity contribution is 0.663. The van der Waals surface area contributed by atoms with Gasteiger partial charge in [0.1, 0.15) is 5.82 Å². The molecule has 0 atom stereocenters. The summed E-state index contributed by atoms with van der Waals surface area (Å²) < 4.78 is 2.12. The van der Waals surface area contributed by atoms with Gasteiger partial charge in [0.05, 0.1) is 18.4 Å². The number of hydrogen-bond donors (Lipinski definition) is 3. The molecule has 0 radical (unpaired) electrons. The van der Waals surface area contributed by atoms with Gasteiger partial charge in [0.15, 0.2) is 5.96 Å². The normalized spacial score (nSPS) is 11.0. The van der Waals surface area contributed by atoms with Gasteiger partial charge >= 0.3 is 0 Å². The van der Waals surface area contributed by atoms with Gasteiger partial charge in [-0.2, -0.15) is 0 Å². The summed E-state index contributed by atoms with van der Waals surface area (Å²) in [6, 6.07) is 14.2. The van der Waals surface area contributed by atoms with Crippen LogP contribution in [0, 0.1) is 0 Å². The van der Waals surface area contributed by atoms with Gasteiger partial charge in [0.25, 0.3) is 0 Å². The molecule has 7 heteroatoms. The molecule has 1 aromatic carbocycles. The summed E-state index contributed by atoms with van der Waals surface area (Å²) in [7, 11) is 1.77. The molecule has 3 aromatic rings. The zero-order valence-corrected chi connectivity index (χ0v) is 16.5. The molecule has 0 aliphatic rings. The second kappa shape index (κ2) is 9.87. The van der Waals surface area contributed by atoms with E-state index >= 15 is 0 Å². The van der Waals surface area contributed by atoms with E-state index in [-0.39, 0.29) is 24.0 Å². The van der Waals surface area contributed by atoms with Gasteiger partial charge < -0.3 is 20.2 Å². The number of H-pyrrole nitrogens is 1. The number of aromatic amines is 1. The molecule has 0 amide bonds. The number of nitrogens with zero attached hydrogens (tertiary/aromatic N) is 3. The van der Waals surface area contributed by atoms with Gasteiger partial charge in [-0.15, -0.1) is 24.0 Å². The fraction of sp³-hybridized carbons (Fsp3) is 0.222. The van der Waals surface area contributed by atoms with Crippen LogP contribution in [-0.4, -0.2) is 34.1 Å². The number of aromatic nitrogens is 3. The Morgan fingerprint density at radius 3 is 2.60 bits per heavy atom. The molecular formula is C18H23IN6. The van der Waals surface area contributed by atoms with Crippen molar-refractivity contribution in [3.8, 4) is 11.3 Å². The lowest BCUT2D eigenvalue weighted by Gasteiger charge is -2.11. The van der Waals surface area contributed by atoms with Crippen LogP contribution >= 0.6 is 24.0 Å². The maximum atomic E-state index is 4.41. The Morgan fingerprint density at radius 2 is 1.88 bits per heavy atom. The average Bonchev–Trinajstić information content (AvgIpc) is 3.30. The van der Waals surface area contributed by atoms with Crippen LogP contribution in [0.4, 0.5) is 0 Å². The van der Waals surface area contributed by atoms with Gasteiger partial charge in [0.2, 0.25) is 0 Å². The van der Waals surface area contributed by atoms with Gasteiger partial charge in [-0.1, -0.05) is 30.3 Å². The molecule has 0 unspecified atom stereocenters. The SMILES string of the molecule is CN=C(NCCn1cccc1)NCc1ncc(-c2ccccc2)[nH]1.I. The third-order valence-corrected chi connectivity index (χ3v) is 3.69. The van der Waals surface area contributed by atoms with E-state index in [1.165, 1.54) is 0 Å². The van der Waals surface area contributed by atoms with Gasteiger partial charge in [-0.25, -0.2) is 4.98 Å². The van der Waals surface area contributed by atoms with Crippen LogP contribution in [0.5, 0.6) is 0 Å². The second-order valence-electron chi connectivity index (χ2n) is 5.38. The molecule has 0 fully saturated rings. The summed E-state index contributed by atoms with van der Waals surface area (Å²) in [4.78, 5) is 12.0. The summed E-state index contributed by atoms with van der Waals surface area (Å²) in [6.07, 6.45) is 5.95. The molecule has 25 heavy (non-hydrogen) atoms. The lowest BCUT2D eigenvalue weighted by atomic mass is 10.2. The summed E-state index contributed by atoms with van der Waals surface area (Å²) in [5.41, 5.74) is 2.15. The Morgan fingerprint density at radius 1 is 1.12 bits per heavy atom. The first-order valence-corrected chi connectivity index (χ1v) is 8.00. The number of nitrogens with one attached hydrogen (secondary N) is 3. The van der Waals surface area contributed by atoms with E-state index in [2.05, 4.69) is 42.3 Å². The van der Waals surface area contributed by atoms with Crippen molar-refractivity contribution in [3.63, 3.8) is 0 Å². The van der Waals surface area contributed by atoms with Crippen molar-refractivity contribution in [1.82, 2.24) is 25.2 Å². The number of imidazole rings is 1. The number of rotatable bonds is 6. The Hall–Kier alpha value is -2.29. The molecular weight excluding hydrogens is 427 g/mol. The minimum atomic E-state index is 0. The first-order chi connectivity index (χ1) is 11.8. The summed E-state index contributed by atoms with van der Waals surface area (Å²) >= 11 is 0. The van der Waals surface area contributed by atoms with Gasteiger partial charge in [-0.05, 0) is 17.7 Å². The zero-order valence-electron chi connectivity index (χ0n) is 14.1. The molecule has 2 heterocycles. The second-order valence-corrected chi connectivity index (χ2v) is 5.38. The summed E-state index contributed by atoms with van der Waals surface area (Å²) in [6.45, 7) is 2.30. The highest BCUT2D eigenvalue weighted by Crippen LogP contribution is 2.15. The van der Waals surface area contributed by atoms with E-state index < -0.39 is 0 Å². The fourth-order valence-corrected chi connectivity index (χ4v) is 2.43. The summed E-state index contributed by atoms with van der Waals surface area (Å²) in [5.74, 6) is 1.64. The van der Waals surface area contributed by atoms with Crippen molar-refractivity contribution in [1.29, 1.82) is 0 Å². The monoisotopic (exact) mass is 450 g/mol. The van der Waals surface area contributed by atoms with Gasteiger partial charge in [0, 0.05) is 32.5 Å². The Bertz CT molecular complexity index is 764. The molecule has 0 saturated carbocycles. The molecule has 0 saturated heterocycles. The van der Waals surface area contributed by atoms with Crippen LogP contribution in [-0.2, 0) is 13.1 Å². The van der Waals surface area contributed by atoms with Crippen molar-refractivity contribution in [2.45, 2.75) is 13.1 Å². The number of benzene rings is 1. The molecule has 0 aliphatic heterocycles. The molecule has 0 bridgehead atoms. The van der Waals surface area contributed by atoms with E-state index in [4.69, 9.17) is 0 Å². The quantitative estimate of drug-likeness (QED) is 0.307. The minimum Gasteiger partial charge on any atom is -0.355 e. The molecule has 3 N–H and O–H groups in total. The average molecular weight is 450 g/mol. The predicted octanol–water partition coefficient (Wildman–Crippen LogP) is 2.86. The highest BCUT2D eigenvalue weighted by atomic mass is 127. The summed E-state index contributed by atoms with van der Waals surface area (Å²) in [5, 5.41) is 6.56.